The molecule has 0 radical (unpaired) electrons. The maximum Gasteiger partial charge on any atom is 0.411 e. The van der Waals surface area contributed by atoms with E-state index in [1.165, 1.54) is 6.07 Å². The van der Waals surface area contributed by atoms with Crippen LogP contribution >= 0.6 is 0 Å². The minimum atomic E-state index is -2.65. The molecule has 0 heterocycles. The van der Waals surface area contributed by atoms with Gasteiger partial charge in [-0.1, -0.05) is 13.8 Å². The summed E-state index contributed by atoms with van der Waals surface area (Å²) in [5, 5.41) is 46.3. The molecule has 3 atom stereocenters. The number of rotatable bonds is 5. The molecule has 0 spiro atoms. The number of aliphatic hydroxyl groups excluding tert-OH is 2. The molecule has 38 heavy (non-hydrogen) atoms. The van der Waals surface area contributed by atoms with E-state index < -0.39 is 63.8 Å². The fourth-order valence-electron chi connectivity index (χ4n) is 5.55. The van der Waals surface area contributed by atoms with Gasteiger partial charge in [0.15, 0.2) is 17.1 Å². The fraction of sp³-hybridized carbons (Fsp3) is 0.462. The number of Topliss-reactive ketones (excluding diaryl/α,β-unsaturated/α-hetero) is 2. The van der Waals surface area contributed by atoms with Crippen LogP contribution in [-0.2, 0) is 20.7 Å². The van der Waals surface area contributed by atoms with E-state index in [-0.39, 0.29) is 48.6 Å². The number of benzene rings is 1. The highest BCUT2D eigenvalue weighted by Crippen LogP contribution is 2.53. The molecule has 0 bridgehead atoms. The summed E-state index contributed by atoms with van der Waals surface area (Å²) in [6.45, 7) is 3.84. The lowest BCUT2D eigenvalue weighted by atomic mass is 9.60. The molecule has 1 aromatic rings. The first-order valence-electron chi connectivity index (χ1n) is 12.2. The minimum Gasteiger partial charge on any atom is -0.511 e. The first kappa shape index (κ1) is 27.0. The van der Waals surface area contributed by atoms with Crippen molar-refractivity contribution in [2.24, 2.45) is 23.5 Å². The number of nitrogens with two attached hydrogens (primary N) is 1. The summed E-state index contributed by atoms with van der Waals surface area (Å²) in [6, 6.07) is 1.50. The molecular formula is C26H31N3O9. The Hall–Kier alpha value is -4.06. The van der Waals surface area contributed by atoms with Crippen molar-refractivity contribution >= 4 is 34.9 Å². The number of aliphatic hydroxyl groups is 3. The van der Waals surface area contributed by atoms with Crippen LogP contribution in [0.25, 0.3) is 0 Å². The van der Waals surface area contributed by atoms with Gasteiger partial charge in [0.25, 0.3) is 5.91 Å². The molecule has 12 heteroatoms. The molecule has 0 aromatic heterocycles. The standard InChI is InChI=1S/C26H31N3O9/c1-10(2)9-38-25(36)28-14-8-15(29(3)4)13-6-11-5-12-7-16(30)19(24(27)35)23(34)26(12,37)22(33)17(11)21(32)18(13)20(14)31/h8,10-12,30-31,33,37H,5-7,9H2,1-4H3,(H2,27,35)(H,28,36)/t11?,12-,26-/m0/s1. The van der Waals surface area contributed by atoms with Crippen molar-refractivity contribution in [3.63, 3.8) is 0 Å². The zero-order chi connectivity index (χ0) is 28.3. The van der Waals surface area contributed by atoms with Crippen LogP contribution in [0.4, 0.5) is 16.2 Å². The highest BCUT2D eigenvalue weighted by molar-refractivity contribution is 6.24. The predicted octanol–water partition coefficient (Wildman–Crippen LogP) is 1.85. The number of allylic oxidation sites excluding steroid dienone is 2. The van der Waals surface area contributed by atoms with Crippen LogP contribution in [0, 0.1) is 17.8 Å². The zero-order valence-electron chi connectivity index (χ0n) is 21.5. The number of carbonyl (C=O) groups excluding carboxylic acids is 4. The third kappa shape index (κ3) is 4.05. The van der Waals surface area contributed by atoms with Gasteiger partial charge < -0.3 is 35.8 Å². The first-order valence-corrected chi connectivity index (χ1v) is 12.2. The number of nitrogens with zero attached hydrogens (tertiary/aromatic N) is 1. The number of nitrogens with one attached hydrogen (secondary N) is 1. The van der Waals surface area contributed by atoms with Crippen LogP contribution in [0.3, 0.4) is 0 Å². The number of ether oxygens (including phenoxy) is 1. The van der Waals surface area contributed by atoms with Gasteiger partial charge in [0, 0.05) is 37.7 Å². The van der Waals surface area contributed by atoms with E-state index in [0.717, 1.165) is 0 Å². The van der Waals surface area contributed by atoms with Gasteiger partial charge in [-0.25, -0.2) is 4.79 Å². The predicted molar refractivity (Wildman–Crippen MR) is 135 cm³/mol. The summed E-state index contributed by atoms with van der Waals surface area (Å²) in [6.07, 6.45) is -0.969. The molecule has 204 valence electrons. The summed E-state index contributed by atoms with van der Waals surface area (Å²) in [4.78, 5) is 52.7. The Kier molecular flexibility index (Phi) is 6.64. The van der Waals surface area contributed by atoms with E-state index in [1.807, 2.05) is 13.8 Å². The number of phenols is 1. The molecule has 7 N–H and O–H groups in total. The van der Waals surface area contributed by atoms with Gasteiger partial charge in [-0.15, -0.1) is 0 Å². The Bertz CT molecular complexity index is 1330. The molecule has 3 aliphatic carbocycles. The van der Waals surface area contributed by atoms with Crippen molar-refractivity contribution < 1.29 is 44.3 Å². The quantitative estimate of drug-likeness (QED) is 0.241. The van der Waals surface area contributed by atoms with E-state index >= 15 is 0 Å². The number of carbonyl (C=O) groups is 4. The molecule has 1 aromatic carbocycles. The van der Waals surface area contributed by atoms with Gasteiger partial charge >= 0.3 is 6.09 Å². The molecule has 3 aliphatic rings. The number of primary amides is 1. The average molecular weight is 530 g/mol. The van der Waals surface area contributed by atoms with Gasteiger partial charge in [-0.05, 0) is 36.3 Å². The zero-order valence-corrected chi connectivity index (χ0v) is 21.5. The van der Waals surface area contributed by atoms with Crippen LogP contribution in [0.15, 0.2) is 28.7 Å². The van der Waals surface area contributed by atoms with Crippen molar-refractivity contribution in [2.45, 2.75) is 38.7 Å². The molecular weight excluding hydrogens is 498 g/mol. The Morgan fingerprint density at radius 1 is 1.21 bits per heavy atom. The van der Waals surface area contributed by atoms with E-state index in [2.05, 4.69) is 5.32 Å². The lowest BCUT2D eigenvalue weighted by Crippen LogP contribution is -2.57. The maximum atomic E-state index is 13.8. The van der Waals surface area contributed by atoms with Crippen molar-refractivity contribution in [1.29, 1.82) is 0 Å². The Morgan fingerprint density at radius 2 is 1.87 bits per heavy atom. The Morgan fingerprint density at radius 3 is 2.45 bits per heavy atom. The topological polar surface area (TPSA) is 200 Å². The maximum absolute atomic E-state index is 13.8. The molecule has 0 fully saturated rings. The van der Waals surface area contributed by atoms with Crippen molar-refractivity contribution in [3.8, 4) is 5.75 Å². The summed E-state index contributed by atoms with van der Waals surface area (Å²) in [5.74, 6) is -7.09. The second-order valence-corrected chi connectivity index (χ2v) is 10.6. The number of anilines is 2. The molecule has 0 saturated heterocycles. The normalized spacial score (nSPS) is 24.6. The van der Waals surface area contributed by atoms with E-state index in [9.17, 15) is 39.6 Å². The van der Waals surface area contributed by atoms with Crippen molar-refractivity contribution in [3.05, 3.63) is 39.9 Å². The molecule has 4 rings (SSSR count). The Balaban J connectivity index is 1.84. The number of aromatic hydroxyl groups is 1. The van der Waals surface area contributed by atoms with Gasteiger partial charge in [0.1, 0.15) is 17.1 Å². The molecule has 12 nitrogen and oxygen atoms in total. The van der Waals surface area contributed by atoms with Crippen LogP contribution in [-0.4, -0.2) is 70.3 Å². The second kappa shape index (κ2) is 9.35. The number of fused-ring (bicyclic) bond motifs is 3. The second-order valence-electron chi connectivity index (χ2n) is 10.6. The summed E-state index contributed by atoms with van der Waals surface area (Å²) in [7, 11) is 3.43. The van der Waals surface area contributed by atoms with Gasteiger partial charge in [-0.3, -0.25) is 19.7 Å². The SMILES string of the molecule is CC(C)COC(=O)Nc1cc(N(C)C)c2c(c1O)C(=O)C1=C(O)[C@]3(O)C(=O)C(C(N)=O)=C(O)C[C@@H]3CC1C2. The van der Waals surface area contributed by atoms with Gasteiger partial charge in [-0.2, -0.15) is 0 Å². The molecule has 0 aliphatic heterocycles. The van der Waals surface area contributed by atoms with Gasteiger partial charge in [0.2, 0.25) is 5.78 Å². The molecule has 2 amide bonds. The van der Waals surface area contributed by atoms with E-state index in [0.29, 0.717) is 11.3 Å². The largest absolute Gasteiger partial charge is 0.511 e. The lowest BCUT2D eigenvalue weighted by Gasteiger charge is -2.45. The third-order valence-corrected chi connectivity index (χ3v) is 7.30. The monoisotopic (exact) mass is 529 g/mol. The number of ketones is 2. The lowest BCUT2D eigenvalue weighted by molar-refractivity contribution is -0.144. The van der Waals surface area contributed by atoms with E-state index in [4.69, 9.17) is 10.5 Å². The summed E-state index contributed by atoms with van der Waals surface area (Å²) >= 11 is 0. The van der Waals surface area contributed by atoms with Crippen LogP contribution < -0.4 is 16.0 Å². The number of hydrogen-bond donors (Lipinski definition) is 6. The van der Waals surface area contributed by atoms with Crippen molar-refractivity contribution in [1.82, 2.24) is 0 Å². The highest BCUT2D eigenvalue weighted by Gasteiger charge is 2.59. The number of hydrogen-bond acceptors (Lipinski definition) is 10. The van der Waals surface area contributed by atoms with Crippen molar-refractivity contribution in [2.75, 3.05) is 30.9 Å². The molecule has 1 unspecified atom stereocenters. The van der Waals surface area contributed by atoms with Crippen LogP contribution in [0.5, 0.6) is 5.75 Å². The smallest absolute Gasteiger partial charge is 0.411 e. The average Bonchev–Trinajstić information content (AvgIpc) is 2.81. The van der Waals surface area contributed by atoms with Crippen LogP contribution in [0.1, 0.15) is 42.6 Å². The third-order valence-electron chi connectivity index (χ3n) is 7.30. The van der Waals surface area contributed by atoms with Crippen LogP contribution in [0.2, 0.25) is 0 Å². The summed E-state index contributed by atoms with van der Waals surface area (Å²) < 4.78 is 5.12. The fourth-order valence-corrected chi connectivity index (χ4v) is 5.55. The number of phenolic OH excluding ortho intramolecular Hbond substituents is 1. The molecule has 0 saturated carbocycles. The van der Waals surface area contributed by atoms with Gasteiger partial charge in [0.05, 0.1) is 17.9 Å². The van der Waals surface area contributed by atoms with E-state index in [1.54, 1.807) is 19.0 Å². The summed E-state index contributed by atoms with van der Waals surface area (Å²) in [5.41, 5.74) is 2.12. The minimum absolute atomic E-state index is 0.0259. The number of amides is 2. The Labute approximate surface area is 218 Å². The highest BCUT2D eigenvalue weighted by atomic mass is 16.5. The first-order chi connectivity index (χ1) is 17.7.